The largest absolute Gasteiger partial charge is 0.373 e. The first-order valence-corrected chi connectivity index (χ1v) is 4.74. The van der Waals surface area contributed by atoms with Gasteiger partial charge < -0.3 is 5.32 Å². The number of hydrogen-bond acceptors (Lipinski definition) is 3. The lowest BCUT2D eigenvalue weighted by Gasteiger charge is -2.06. The average molecular weight is 197 g/mol. The summed E-state index contributed by atoms with van der Waals surface area (Å²) in [5, 5.41) is 12.9. The summed E-state index contributed by atoms with van der Waals surface area (Å²) in [6.45, 7) is 2.00. The molecule has 15 heavy (non-hydrogen) atoms. The Hall–Kier alpha value is -2.08. The number of fused-ring (bicyclic) bond motifs is 1. The Morgan fingerprint density at radius 3 is 2.87 bits per heavy atom. The van der Waals surface area contributed by atoms with Crippen molar-refractivity contribution < 1.29 is 0 Å². The Morgan fingerprint density at radius 2 is 2.20 bits per heavy atom. The summed E-state index contributed by atoms with van der Waals surface area (Å²) in [4.78, 5) is 4.44. The van der Waals surface area contributed by atoms with Gasteiger partial charge in [-0.1, -0.05) is 18.2 Å². The minimum atomic E-state index is 0.660. The van der Waals surface area contributed by atoms with E-state index in [1.807, 2.05) is 25.1 Å². The zero-order valence-corrected chi connectivity index (χ0v) is 8.70. The van der Waals surface area contributed by atoms with Crippen molar-refractivity contribution in [3.05, 3.63) is 35.4 Å². The Labute approximate surface area is 88.4 Å². The summed E-state index contributed by atoms with van der Waals surface area (Å²) in [6, 6.07) is 9.82. The molecule has 0 spiro atoms. The van der Waals surface area contributed by atoms with E-state index in [0.717, 1.165) is 22.3 Å². The molecule has 0 bridgehead atoms. The number of benzene rings is 1. The van der Waals surface area contributed by atoms with Gasteiger partial charge in [0.25, 0.3) is 0 Å². The van der Waals surface area contributed by atoms with Gasteiger partial charge in [0.2, 0.25) is 0 Å². The molecule has 0 saturated heterocycles. The monoisotopic (exact) mass is 197 g/mol. The standard InChI is InChI=1S/C12H11N3/c1-8-4-3-5-10-9(7-13)6-11(14-2)15-12(8)10/h3-6H,1-2H3,(H,14,15). The third-order valence-corrected chi connectivity index (χ3v) is 2.42. The van der Waals surface area contributed by atoms with Crippen LogP contribution in [0.5, 0.6) is 0 Å². The number of nitrogens with zero attached hydrogens (tertiary/aromatic N) is 2. The molecule has 3 heteroatoms. The molecule has 0 radical (unpaired) electrons. The van der Waals surface area contributed by atoms with E-state index >= 15 is 0 Å². The Kier molecular flexibility index (Phi) is 2.26. The van der Waals surface area contributed by atoms with Gasteiger partial charge in [-0.2, -0.15) is 5.26 Å². The van der Waals surface area contributed by atoms with E-state index in [4.69, 9.17) is 5.26 Å². The van der Waals surface area contributed by atoms with Crippen LogP contribution in [0, 0.1) is 18.3 Å². The smallest absolute Gasteiger partial charge is 0.127 e. The highest BCUT2D eigenvalue weighted by molar-refractivity contribution is 5.88. The van der Waals surface area contributed by atoms with E-state index in [2.05, 4.69) is 16.4 Å². The summed E-state index contributed by atoms with van der Waals surface area (Å²) >= 11 is 0. The molecule has 0 amide bonds. The molecule has 0 atom stereocenters. The number of anilines is 1. The molecule has 0 unspecified atom stereocenters. The molecule has 1 heterocycles. The van der Waals surface area contributed by atoms with E-state index in [0.29, 0.717) is 5.56 Å². The van der Waals surface area contributed by atoms with E-state index < -0.39 is 0 Å². The summed E-state index contributed by atoms with van der Waals surface area (Å²) in [5.74, 6) is 0.730. The van der Waals surface area contributed by atoms with Crippen molar-refractivity contribution in [3.63, 3.8) is 0 Å². The zero-order chi connectivity index (χ0) is 10.8. The summed E-state index contributed by atoms with van der Waals surface area (Å²) in [7, 11) is 1.80. The average Bonchev–Trinajstić information content (AvgIpc) is 2.28. The lowest BCUT2D eigenvalue weighted by molar-refractivity contribution is 1.31. The number of rotatable bonds is 1. The predicted octanol–water partition coefficient (Wildman–Crippen LogP) is 2.46. The van der Waals surface area contributed by atoms with Crippen LogP contribution < -0.4 is 5.32 Å². The van der Waals surface area contributed by atoms with Gasteiger partial charge in [-0.25, -0.2) is 4.98 Å². The van der Waals surface area contributed by atoms with Gasteiger partial charge in [0.1, 0.15) is 5.82 Å². The van der Waals surface area contributed by atoms with Gasteiger partial charge >= 0.3 is 0 Å². The van der Waals surface area contributed by atoms with Crippen LogP contribution in [0.25, 0.3) is 10.9 Å². The van der Waals surface area contributed by atoms with Crippen molar-refractivity contribution in [2.24, 2.45) is 0 Å². The van der Waals surface area contributed by atoms with Gasteiger partial charge in [-0.3, -0.25) is 0 Å². The second-order valence-electron chi connectivity index (χ2n) is 3.39. The molecule has 0 aliphatic carbocycles. The fourth-order valence-electron chi connectivity index (χ4n) is 1.61. The second-order valence-corrected chi connectivity index (χ2v) is 3.39. The first kappa shape index (κ1) is 9.47. The van der Waals surface area contributed by atoms with Crippen LogP contribution in [0.1, 0.15) is 11.1 Å². The Morgan fingerprint density at radius 1 is 1.40 bits per heavy atom. The molecule has 2 aromatic rings. The van der Waals surface area contributed by atoms with Crippen LogP contribution in [0.15, 0.2) is 24.3 Å². The van der Waals surface area contributed by atoms with Crippen molar-refractivity contribution in [2.75, 3.05) is 12.4 Å². The topological polar surface area (TPSA) is 48.7 Å². The molecule has 0 aliphatic rings. The number of para-hydroxylation sites is 1. The third-order valence-electron chi connectivity index (χ3n) is 2.42. The van der Waals surface area contributed by atoms with E-state index in [1.165, 1.54) is 0 Å². The summed E-state index contributed by atoms with van der Waals surface area (Å²) in [6.07, 6.45) is 0. The third kappa shape index (κ3) is 1.50. The molecule has 1 aromatic heterocycles. The fraction of sp³-hybridized carbons (Fsp3) is 0.167. The number of hydrogen-bond donors (Lipinski definition) is 1. The Balaban J connectivity index is 2.88. The number of aryl methyl sites for hydroxylation is 1. The SMILES string of the molecule is CNc1cc(C#N)c2cccc(C)c2n1. The maximum atomic E-state index is 9.04. The molecular formula is C12H11N3. The maximum Gasteiger partial charge on any atom is 0.127 e. The van der Waals surface area contributed by atoms with Crippen molar-refractivity contribution in [1.29, 1.82) is 5.26 Å². The van der Waals surface area contributed by atoms with Crippen molar-refractivity contribution in [1.82, 2.24) is 4.98 Å². The van der Waals surface area contributed by atoms with Crippen LogP contribution >= 0.6 is 0 Å². The van der Waals surface area contributed by atoms with Gasteiger partial charge in [-0.15, -0.1) is 0 Å². The molecule has 74 valence electrons. The number of aromatic nitrogens is 1. The first-order chi connectivity index (χ1) is 7.26. The van der Waals surface area contributed by atoms with Gasteiger partial charge in [-0.05, 0) is 18.6 Å². The highest BCUT2D eigenvalue weighted by Gasteiger charge is 2.05. The molecule has 0 aliphatic heterocycles. The minimum absolute atomic E-state index is 0.660. The van der Waals surface area contributed by atoms with E-state index in [1.54, 1.807) is 13.1 Å². The first-order valence-electron chi connectivity index (χ1n) is 4.74. The van der Waals surface area contributed by atoms with Gasteiger partial charge in [0.05, 0.1) is 17.1 Å². The maximum absolute atomic E-state index is 9.04. The van der Waals surface area contributed by atoms with Gasteiger partial charge in [0.15, 0.2) is 0 Å². The normalized spacial score (nSPS) is 9.93. The van der Waals surface area contributed by atoms with E-state index in [9.17, 15) is 0 Å². The zero-order valence-electron chi connectivity index (χ0n) is 8.70. The van der Waals surface area contributed by atoms with Crippen molar-refractivity contribution >= 4 is 16.7 Å². The Bertz CT molecular complexity index is 553. The molecule has 0 fully saturated rings. The summed E-state index contributed by atoms with van der Waals surface area (Å²) < 4.78 is 0. The van der Waals surface area contributed by atoms with E-state index in [-0.39, 0.29) is 0 Å². The van der Waals surface area contributed by atoms with Crippen molar-refractivity contribution in [3.8, 4) is 6.07 Å². The van der Waals surface area contributed by atoms with Crippen LogP contribution in [0.3, 0.4) is 0 Å². The van der Waals surface area contributed by atoms with Crippen LogP contribution in [-0.4, -0.2) is 12.0 Å². The second kappa shape index (κ2) is 3.58. The summed E-state index contributed by atoms with van der Waals surface area (Å²) in [5.41, 5.74) is 2.63. The quantitative estimate of drug-likeness (QED) is 0.763. The number of nitrogens with one attached hydrogen (secondary N) is 1. The highest BCUT2D eigenvalue weighted by Crippen LogP contribution is 2.22. The molecule has 2 rings (SSSR count). The minimum Gasteiger partial charge on any atom is -0.373 e. The fourth-order valence-corrected chi connectivity index (χ4v) is 1.61. The highest BCUT2D eigenvalue weighted by atomic mass is 15.0. The molecule has 0 saturated carbocycles. The molecular weight excluding hydrogens is 186 g/mol. The lowest BCUT2D eigenvalue weighted by atomic mass is 10.1. The molecule has 3 nitrogen and oxygen atoms in total. The van der Waals surface area contributed by atoms with Crippen LogP contribution in [-0.2, 0) is 0 Å². The molecule has 1 N–H and O–H groups in total. The number of pyridine rings is 1. The molecule has 1 aromatic carbocycles. The predicted molar refractivity (Wildman–Crippen MR) is 60.7 cm³/mol. The lowest BCUT2D eigenvalue weighted by Crippen LogP contribution is -1.95. The van der Waals surface area contributed by atoms with Gasteiger partial charge in [0, 0.05) is 12.4 Å². The van der Waals surface area contributed by atoms with Crippen LogP contribution in [0.4, 0.5) is 5.82 Å². The van der Waals surface area contributed by atoms with Crippen LogP contribution in [0.2, 0.25) is 0 Å². The van der Waals surface area contributed by atoms with Crippen molar-refractivity contribution in [2.45, 2.75) is 6.92 Å². The number of nitriles is 1.